The van der Waals surface area contributed by atoms with Crippen LogP contribution in [-0.4, -0.2) is 46.7 Å². The predicted molar refractivity (Wildman–Crippen MR) is 97.9 cm³/mol. The molecular formula is C20H20FN3O3. The van der Waals surface area contributed by atoms with Crippen molar-refractivity contribution in [3.05, 3.63) is 47.4 Å². The summed E-state index contributed by atoms with van der Waals surface area (Å²) in [6.45, 7) is 5.34. The molecule has 0 aliphatic carbocycles. The van der Waals surface area contributed by atoms with Gasteiger partial charge in [-0.3, -0.25) is 4.79 Å². The van der Waals surface area contributed by atoms with Crippen LogP contribution in [0.4, 0.5) is 4.39 Å². The molecule has 1 aromatic carbocycles. The molecule has 6 nitrogen and oxygen atoms in total. The third-order valence-corrected chi connectivity index (χ3v) is 4.88. The number of halogens is 1. The van der Waals surface area contributed by atoms with Gasteiger partial charge in [0.05, 0.1) is 35.0 Å². The summed E-state index contributed by atoms with van der Waals surface area (Å²) in [6, 6.07) is 7.96. The van der Waals surface area contributed by atoms with Gasteiger partial charge >= 0.3 is 0 Å². The van der Waals surface area contributed by atoms with E-state index < -0.39 is 5.82 Å². The number of carbonyl (C=O) groups excluding carboxylic acids is 1. The van der Waals surface area contributed by atoms with Gasteiger partial charge in [0.15, 0.2) is 0 Å². The molecule has 0 radical (unpaired) electrons. The van der Waals surface area contributed by atoms with Gasteiger partial charge in [-0.05, 0) is 31.5 Å². The number of nitrogens with zero attached hydrogens (tertiary/aromatic N) is 3. The highest BCUT2D eigenvalue weighted by Crippen LogP contribution is 2.29. The van der Waals surface area contributed by atoms with Gasteiger partial charge in [-0.1, -0.05) is 24.2 Å². The van der Waals surface area contributed by atoms with E-state index in [4.69, 9.17) is 9.26 Å². The lowest BCUT2D eigenvalue weighted by atomic mass is 10.0. The van der Waals surface area contributed by atoms with Crippen molar-refractivity contribution in [2.75, 3.05) is 19.7 Å². The van der Waals surface area contributed by atoms with Crippen molar-refractivity contribution in [3.63, 3.8) is 0 Å². The summed E-state index contributed by atoms with van der Waals surface area (Å²) in [7, 11) is 0. The first-order chi connectivity index (χ1) is 13.1. The summed E-state index contributed by atoms with van der Waals surface area (Å²) in [4.78, 5) is 19.4. The molecule has 1 saturated heterocycles. The molecule has 2 aromatic heterocycles. The molecule has 4 rings (SSSR count). The van der Waals surface area contributed by atoms with E-state index >= 15 is 0 Å². The number of pyridine rings is 1. The van der Waals surface area contributed by atoms with Crippen LogP contribution in [0.1, 0.15) is 29.4 Å². The molecular weight excluding hydrogens is 349 g/mol. The number of morpholine rings is 1. The minimum atomic E-state index is -0.406. The quantitative estimate of drug-likeness (QED) is 0.706. The van der Waals surface area contributed by atoms with Gasteiger partial charge in [0.25, 0.3) is 11.6 Å². The van der Waals surface area contributed by atoms with Gasteiger partial charge < -0.3 is 14.2 Å². The number of fused-ring (bicyclic) bond motifs is 1. The van der Waals surface area contributed by atoms with E-state index in [1.54, 1.807) is 36.1 Å². The molecule has 27 heavy (non-hydrogen) atoms. The maximum absolute atomic E-state index is 14.3. The van der Waals surface area contributed by atoms with Gasteiger partial charge in [-0.25, -0.2) is 9.37 Å². The Kier molecular flexibility index (Phi) is 4.61. The predicted octanol–water partition coefficient (Wildman–Crippen LogP) is 3.59. The van der Waals surface area contributed by atoms with Crippen LogP contribution in [0.2, 0.25) is 0 Å². The molecule has 1 unspecified atom stereocenters. The molecule has 7 heteroatoms. The van der Waals surface area contributed by atoms with Crippen molar-refractivity contribution in [2.24, 2.45) is 0 Å². The maximum atomic E-state index is 14.3. The minimum Gasteiger partial charge on any atom is -0.375 e. The minimum absolute atomic E-state index is 0.0228. The van der Waals surface area contributed by atoms with E-state index in [2.05, 4.69) is 10.1 Å². The lowest BCUT2D eigenvalue weighted by Gasteiger charge is -2.32. The van der Waals surface area contributed by atoms with Crippen molar-refractivity contribution >= 4 is 17.0 Å². The molecule has 0 saturated carbocycles. The average Bonchev–Trinajstić information content (AvgIpc) is 3.08. The molecule has 3 heterocycles. The highest BCUT2D eigenvalue weighted by atomic mass is 19.1. The van der Waals surface area contributed by atoms with Crippen molar-refractivity contribution in [2.45, 2.75) is 26.4 Å². The molecule has 0 spiro atoms. The largest absolute Gasteiger partial charge is 0.375 e. The highest BCUT2D eigenvalue weighted by molar-refractivity contribution is 6.07. The number of aryl methyl sites for hydroxylation is 1. The molecule has 1 aliphatic heterocycles. The Bertz CT molecular complexity index is 1000. The van der Waals surface area contributed by atoms with E-state index in [9.17, 15) is 9.18 Å². The number of ether oxygens (including phenoxy) is 1. The van der Waals surface area contributed by atoms with Crippen LogP contribution in [0.5, 0.6) is 0 Å². The van der Waals surface area contributed by atoms with Gasteiger partial charge in [0.1, 0.15) is 5.82 Å². The van der Waals surface area contributed by atoms with E-state index in [0.29, 0.717) is 47.6 Å². The van der Waals surface area contributed by atoms with E-state index in [1.165, 1.54) is 6.07 Å². The van der Waals surface area contributed by atoms with E-state index in [-0.39, 0.29) is 17.7 Å². The first-order valence-electron chi connectivity index (χ1n) is 9.01. The summed E-state index contributed by atoms with van der Waals surface area (Å²) in [5.41, 5.74) is 1.91. The van der Waals surface area contributed by atoms with Crippen LogP contribution < -0.4 is 0 Å². The summed E-state index contributed by atoms with van der Waals surface area (Å²) >= 11 is 0. The summed E-state index contributed by atoms with van der Waals surface area (Å²) in [5, 5.41) is 4.51. The Hall–Kier alpha value is -2.80. The standard InChI is InChI=1S/C20H20FN3O3/c1-3-13-11-24(8-9-26-13)20(25)15-10-17(14-6-4-5-7-16(14)21)22-19-18(15)12(2)23-27-19/h4-7,10,13H,3,8-9,11H2,1-2H3. The van der Waals surface area contributed by atoms with Crippen molar-refractivity contribution < 1.29 is 18.4 Å². The average molecular weight is 369 g/mol. The maximum Gasteiger partial charge on any atom is 0.259 e. The van der Waals surface area contributed by atoms with Gasteiger partial charge in [-0.2, -0.15) is 0 Å². The molecule has 0 bridgehead atoms. The Morgan fingerprint density at radius 2 is 2.19 bits per heavy atom. The summed E-state index contributed by atoms with van der Waals surface area (Å²) in [5.74, 6) is -0.551. The number of hydrogen-bond donors (Lipinski definition) is 0. The number of hydrogen-bond acceptors (Lipinski definition) is 5. The number of aromatic nitrogens is 2. The fourth-order valence-electron chi connectivity index (χ4n) is 3.39. The van der Waals surface area contributed by atoms with E-state index in [1.807, 2.05) is 6.92 Å². The molecule has 1 fully saturated rings. The van der Waals surface area contributed by atoms with E-state index in [0.717, 1.165) is 6.42 Å². The van der Waals surface area contributed by atoms with Crippen LogP contribution in [0.25, 0.3) is 22.4 Å². The highest BCUT2D eigenvalue weighted by Gasteiger charge is 2.28. The van der Waals surface area contributed by atoms with Gasteiger partial charge in [0.2, 0.25) is 0 Å². The molecule has 1 atom stereocenters. The summed E-state index contributed by atoms with van der Waals surface area (Å²) < 4.78 is 25.2. The molecule has 1 amide bonds. The Balaban J connectivity index is 1.82. The van der Waals surface area contributed by atoms with Crippen LogP contribution in [0, 0.1) is 12.7 Å². The Labute approximate surface area is 155 Å². The number of amides is 1. The van der Waals surface area contributed by atoms with Crippen molar-refractivity contribution in [1.82, 2.24) is 15.0 Å². The number of rotatable bonds is 3. The topological polar surface area (TPSA) is 68.5 Å². The number of benzene rings is 1. The van der Waals surface area contributed by atoms with Crippen LogP contribution in [0.3, 0.4) is 0 Å². The lowest BCUT2D eigenvalue weighted by Crippen LogP contribution is -2.45. The van der Waals surface area contributed by atoms with Crippen LogP contribution in [0.15, 0.2) is 34.9 Å². The normalized spacial score (nSPS) is 17.4. The fraction of sp³-hybridized carbons (Fsp3) is 0.350. The smallest absolute Gasteiger partial charge is 0.259 e. The zero-order chi connectivity index (χ0) is 19.0. The third-order valence-electron chi connectivity index (χ3n) is 4.88. The van der Waals surface area contributed by atoms with Crippen LogP contribution in [-0.2, 0) is 4.74 Å². The van der Waals surface area contributed by atoms with Gasteiger partial charge in [0, 0.05) is 18.7 Å². The van der Waals surface area contributed by atoms with Crippen LogP contribution >= 0.6 is 0 Å². The summed E-state index contributed by atoms with van der Waals surface area (Å²) in [6.07, 6.45) is 0.858. The molecule has 1 aliphatic rings. The van der Waals surface area contributed by atoms with Crippen molar-refractivity contribution in [3.8, 4) is 11.3 Å². The first kappa shape index (κ1) is 17.6. The van der Waals surface area contributed by atoms with Crippen molar-refractivity contribution in [1.29, 1.82) is 0 Å². The molecule has 0 N–H and O–H groups in total. The molecule has 3 aromatic rings. The number of carbonyl (C=O) groups is 1. The Morgan fingerprint density at radius 1 is 1.37 bits per heavy atom. The monoisotopic (exact) mass is 369 g/mol. The zero-order valence-electron chi connectivity index (χ0n) is 15.2. The third kappa shape index (κ3) is 3.19. The molecule has 140 valence electrons. The zero-order valence-corrected chi connectivity index (χ0v) is 15.2. The Morgan fingerprint density at radius 3 is 2.96 bits per heavy atom. The second-order valence-corrected chi connectivity index (χ2v) is 6.64. The lowest BCUT2D eigenvalue weighted by molar-refractivity contribution is -0.0225. The van der Waals surface area contributed by atoms with Gasteiger partial charge in [-0.15, -0.1) is 0 Å². The fourth-order valence-corrected chi connectivity index (χ4v) is 3.39. The SMILES string of the molecule is CCC1CN(C(=O)c2cc(-c3ccccc3F)nc3onc(C)c23)CCO1. The second kappa shape index (κ2) is 7.08. The first-order valence-corrected chi connectivity index (χ1v) is 9.01. The second-order valence-electron chi connectivity index (χ2n) is 6.64.